The fourth-order valence-electron chi connectivity index (χ4n) is 1.74. The Bertz CT molecular complexity index is 506. The van der Waals surface area contributed by atoms with Crippen LogP contribution < -0.4 is 10.1 Å². The van der Waals surface area contributed by atoms with Gasteiger partial charge in [-0.15, -0.1) is 0 Å². The first kappa shape index (κ1) is 15.8. The second-order valence-electron chi connectivity index (χ2n) is 5.02. The normalized spacial score (nSPS) is 15.4. The lowest BCUT2D eigenvalue weighted by molar-refractivity contribution is -0.148. The molecule has 1 aromatic rings. The van der Waals surface area contributed by atoms with Gasteiger partial charge in [-0.3, -0.25) is 0 Å². The Balaban J connectivity index is 2.21. The van der Waals surface area contributed by atoms with Crippen LogP contribution in [0.5, 0.6) is 5.88 Å². The molecule has 0 atom stereocenters. The fourth-order valence-corrected chi connectivity index (χ4v) is 1.74. The third kappa shape index (κ3) is 3.74. The van der Waals surface area contributed by atoms with Gasteiger partial charge in [0.2, 0.25) is 5.88 Å². The van der Waals surface area contributed by atoms with E-state index in [2.05, 4.69) is 15.3 Å². The summed E-state index contributed by atoms with van der Waals surface area (Å²) >= 11 is 0. The van der Waals surface area contributed by atoms with Gasteiger partial charge in [-0.25, -0.2) is 13.8 Å². The standard InChI is InChI=1S/C13H17F4N3O/c1-3-18-9-7(2)11(20-10(19-9)8-4-5-8)21-6-13(16,17)12(14)15/h8,12H,3-6H2,1-2H3,(H,18,19,20). The quantitative estimate of drug-likeness (QED) is 0.785. The highest BCUT2D eigenvalue weighted by Gasteiger charge is 2.42. The van der Waals surface area contributed by atoms with E-state index in [9.17, 15) is 17.6 Å². The second kappa shape index (κ2) is 6.03. The average Bonchev–Trinajstić information content (AvgIpc) is 3.24. The largest absolute Gasteiger partial charge is 0.471 e. The van der Waals surface area contributed by atoms with Crippen molar-refractivity contribution in [2.45, 2.75) is 45.0 Å². The van der Waals surface area contributed by atoms with E-state index in [1.165, 1.54) is 0 Å². The summed E-state index contributed by atoms with van der Waals surface area (Å²) in [6, 6.07) is 0. The molecule has 1 aliphatic carbocycles. The molecule has 0 aromatic carbocycles. The molecule has 1 saturated carbocycles. The maximum atomic E-state index is 12.9. The van der Waals surface area contributed by atoms with E-state index >= 15 is 0 Å². The van der Waals surface area contributed by atoms with E-state index in [4.69, 9.17) is 4.74 Å². The first-order valence-electron chi connectivity index (χ1n) is 6.76. The summed E-state index contributed by atoms with van der Waals surface area (Å²) in [6.45, 7) is 2.65. The summed E-state index contributed by atoms with van der Waals surface area (Å²) in [5, 5.41) is 2.99. The molecule has 118 valence electrons. The molecule has 1 N–H and O–H groups in total. The Morgan fingerprint density at radius 3 is 2.52 bits per heavy atom. The monoisotopic (exact) mass is 307 g/mol. The molecule has 2 rings (SSSR count). The van der Waals surface area contributed by atoms with Gasteiger partial charge in [0.25, 0.3) is 0 Å². The van der Waals surface area contributed by atoms with Crippen molar-refractivity contribution in [1.29, 1.82) is 0 Å². The van der Waals surface area contributed by atoms with Gasteiger partial charge in [0.15, 0.2) is 6.61 Å². The minimum Gasteiger partial charge on any atom is -0.471 e. The van der Waals surface area contributed by atoms with Crippen LogP contribution in [0.25, 0.3) is 0 Å². The van der Waals surface area contributed by atoms with E-state index in [-0.39, 0.29) is 11.8 Å². The number of rotatable bonds is 7. The molecular formula is C13H17F4N3O. The molecule has 0 radical (unpaired) electrons. The Labute approximate surface area is 119 Å². The van der Waals surface area contributed by atoms with Crippen molar-refractivity contribution < 1.29 is 22.3 Å². The summed E-state index contributed by atoms with van der Waals surface area (Å²) in [7, 11) is 0. The van der Waals surface area contributed by atoms with Crippen molar-refractivity contribution in [2.24, 2.45) is 0 Å². The highest BCUT2D eigenvalue weighted by molar-refractivity contribution is 5.49. The number of aromatic nitrogens is 2. The van der Waals surface area contributed by atoms with Gasteiger partial charge in [-0.2, -0.15) is 13.8 Å². The number of hydrogen-bond donors (Lipinski definition) is 1. The second-order valence-corrected chi connectivity index (χ2v) is 5.02. The van der Waals surface area contributed by atoms with E-state index in [0.717, 1.165) is 12.8 Å². The molecule has 8 heteroatoms. The minimum absolute atomic E-state index is 0.0665. The van der Waals surface area contributed by atoms with E-state index in [1.54, 1.807) is 6.92 Å². The summed E-state index contributed by atoms with van der Waals surface area (Å²) in [4.78, 5) is 8.41. The smallest absolute Gasteiger partial charge is 0.340 e. The number of nitrogens with zero attached hydrogens (tertiary/aromatic N) is 2. The molecule has 4 nitrogen and oxygen atoms in total. The lowest BCUT2D eigenvalue weighted by atomic mass is 10.3. The SMILES string of the molecule is CCNc1nc(C2CC2)nc(OCC(F)(F)C(F)F)c1C. The summed E-state index contributed by atoms with van der Waals surface area (Å²) < 4.78 is 55.1. The number of alkyl halides is 4. The molecule has 0 unspecified atom stereocenters. The van der Waals surface area contributed by atoms with Crippen LogP contribution in [0.15, 0.2) is 0 Å². The van der Waals surface area contributed by atoms with Crippen LogP contribution >= 0.6 is 0 Å². The average molecular weight is 307 g/mol. The third-order valence-electron chi connectivity index (χ3n) is 3.13. The number of hydrogen-bond acceptors (Lipinski definition) is 4. The van der Waals surface area contributed by atoms with Crippen molar-refractivity contribution >= 4 is 5.82 Å². The minimum atomic E-state index is -4.20. The van der Waals surface area contributed by atoms with Crippen LogP contribution in [0, 0.1) is 6.92 Å². The number of anilines is 1. The van der Waals surface area contributed by atoms with Gasteiger partial charge in [0, 0.05) is 12.5 Å². The van der Waals surface area contributed by atoms with E-state index in [0.29, 0.717) is 23.8 Å². The maximum absolute atomic E-state index is 12.9. The Hall–Kier alpha value is -1.60. The van der Waals surface area contributed by atoms with Crippen molar-refractivity contribution in [1.82, 2.24) is 9.97 Å². The number of halogens is 4. The molecule has 1 aliphatic rings. The van der Waals surface area contributed by atoms with Crippen LogP contribution in [0.1, 0.15) is 37.1 Å². The van der Waals surface area contributed by atoms with Crippen molar-refractivity contribution in [3.8, 4) is 5.88 Å². The predicted molar refractivity (Wildman–Crippen MR) is 69.4 cm³/mol. The van der Waals surface area contributed by atoms with E-state index < -0.39 is 19.0 Å². The number of nitrogens with one attached hydrogen (secondary N) is 1. The first-order chi connectivity index (χ1) is 9.85. The topological polar surface area (TPSA) is 47.0 Å². The molecule has 1 aromatic heterocycles. The zero-order chi connectivity index (χ0) is 15.6. The van der Waals surface area contributed by atoms with Crippen LogP contribution in [0.4, 0.5) is 23.4 Å². The Morgan fingerprint density at radius 1 is 1.33 bits per heavy atom. The van der Waals surface area contributed by atoms with Crippen molar-refractivity contribution in [2.75, 3.05) is 18.5 Å². The molecule has 0 saturated heterocycles. The fraction of sp³-hybridized carbons (Fsp3) is 0.692. The van der Waals surface area contributed by atoms with Gasteiger partial charge in [0.1, 0.15) is 11.6 Å². The number of ether oxygens (including phenoxy) is 1. The lowest BCUT2D eigenvalue weighted by Gasteiger charge is -2.18. The zero-order valence-corrected chi connectivity index (χ0v) is 11.8. The third-order valence-corrected chi connectivity index (χ3v) is 3.13. The van der Waals surface area contributed by atoms with Crippen molar-refractivity contribution in [3.63, 3.8) is 0 Å². The van der Waals surface area contributed by atoms with E-state index in [1.807, 2.05) is 6.92 Å². The Kier molecular flexibility index (Phi) is 4.53. The molecule has 1 heterocycles. The van der Waals surface area contributed by atoms with Crippen molar-refractivity contribution in [3.05, 3.63) is 11.4 Å². The lowest BCUT2D eigenvalue weighted by Crippen LogP contribution is -2.34. The molecule has 0 amide bonds. The zero-order valence-electron chi connectivity index (χ0n) is 11.8. The predicted octanol–water partition coefficient (Wildman–Crippen LogP) is 3.37. The van der Waals surface area contributed by atoms with Gasteiger partial charge >= 0.3 is 12.3 Å². The molecule has 1 fully saturated rings. The molecular weight excluding hydrogens is 290 g/mol. The van der Waals surface area contributed by atoms with Gasteiger partial charge in [0.05, 0.1) is 5.56 Å². The molecule has 0 spiro atoms. The first-order valence-corrected chi connectivity index (χ1v) is 6.76. The molecule has 0 bridgehead atoms. The highest BCUT2D eigenvalue weighted by Crippen LogP contribution is 2.40. The van der Waals surface area contributed by atoms with Crippen LogP contribution in [0.2, 0.25) is 0 Å². The van der Waals surface area contributed by atoms with Crippen LogP contribution in [-0.4, -0.2) is 35.5 Å². The van der Waals surface area contributed by atoms with Gasteiger partial charge in [-0.1, -0.05) is 0 Å². The highest BCUT2D eigenvalue weighted by atomic mass is 19.3. The summed E-state index contributed by atoms with van der Waals surface area (Å²) in [6.07, 6.45) is -1.90. The molecule has 21 heavy (non-hydrogen) atoms. The summed E-state index contributed by atoms with van der Waals surface area (Å²) in [5.74, 6) is -3.07. The summed E-state index contributed by atoms with van der Waals surface area (Å²) in [5.41, 5.74) is 0.436. The van der Waals surface area contributed by atoms with Crippen LogP contribution in [-0.2, 0) is 0 Å². The Morgan fingerprint density at radius 2 is 2.00 bits per heavy atom. The van der Waals surface area contributed by atoms with Gasteiger partial charge < -0.3 is 10.1 Å². The maximum Gasteiger partial charge on any atom is 0.340 e. The van der Waals surface area contributed by atoms with Crippen LogP contribution in [0.3, 0.4) is 0 Å². The van der Waals surface area contributed by atoms with Gasteiger partial charge in [-0.05, 0) is 26.7 Å². The molecule has 0 aliphatic heterocycles.